The summed E-state index contributed by atoms with van der Waals surface area (Å²) < 4.78 is 150. The Morgan fingerprint density at radius 1 is 0.617 bits per heavy atom. The van der Waals surface area contributed by atoms with Gasteiger partial charge < -0.3 is 45.0 Å². The summed E-state index contributed by atoms with van der Waals surface area (Å²) in [6.45, 7) is 4.04. The Kier molecular flexibility index (Phi) is 30.0. The Labute approximate surface area is 584 Å². The number of rotatable bonds is 21. The molecule has 0 bridgehead atoms. The van der Waals surface area contributed by atoms with E-state index >= 15 is 0 Å². The number of nitrogens with zero attached hydrogens (tertiary/aromatic N) is 7. The van der Waals surface area contributed by atoms with Crippen LogP contribution in [0.4, 0.5) is 46.0 Å². The van der Waals surface area contributed by atoms with Gasteiger partial charge in [0.1, 0.15) is 47.4 Å². The molecular formula is C40H29ClN9Na5O20S6. The number of hydrogen-bond donors (Lipinski definition) is 4. The number of anilines is 4. The third-order valence-electron chi connectivity index (χ3n) is 10.3. The molecule has 81 heavy (non-hydrogen) atoms. The summed E-state index contributed by atoms with van der Waals surface area (Å²) >= 11 is 6.60. The number of benzene rings is 6. The number of phenols is 2. The van der Waals surface area contributed by atoms with Crippen molar-refractivity contribution in [3.63, 3.8) is 0 Å². The number of aryl methyl sites for hydroxylation is 3. The van der Waals surface area contributed by atoms with Gasteiger partial charge in [0.25, 0.3) is 0 Å². The normalized spacial score (nSPS) is 11.9. The van der Waals surface area contributed by atoms with Crippen LogP contribution in [0.2, 0.25) is 5.28 Å². The molecule has 0 saturated carbocycles. The fraction of sp³-hybridized carbons (Fsp3) is 0.125. The first-order valence-corrected chi connectivity index (χ1v) is 28.0. The number of nitrogens with one attached hydrogen (secondary N) is 2. The topological polar surface area (TPSA) is 451 Å². The van der Waals surface area contributed by atoms with Gasteiger partial charge in [0, 0.05) is 16.5 Å². The Morgan fingerprint density at radius 2 is 1.25 bits per heavy atom. The van der Waals surface area contributed by atoms with Crippen LogP contribution in [0.25, 0.3) is 21.5 Å². The van der Waals surface area contributed by atoms with Crippen molar-refractivity contribution < 1.29 is 239 Å². The van der Waals surface area contributed by atoms with Crippen molar-refractivity contribution in [2.24, 2.45) is 20.5 Å². The Bertz CT molecular complexity index is 4020. The van der Waals surface area contributed by atoms with E-state index in [1.807, 2.05) is 0 Å². The number of aromatic nitrogens is 3. The van der Waals surface area contributed by atoms with Gasteiger partial charge in [0.15, 0.2) is 33.7 Å². The van der Waals surface area contributed by atoms with Crippen LogP contribution in [-0.2, 0) is 63.1 Å². The van der Waals surface area contributed by atoms with Crippen molar-refractivity contribution in [2.75, 3.05) is 23.0 Å². The number of hydrogen-bond acceptors (Lipinski definition) is 31. The van der Waals surface area contributed by atoms with E-state index in [4.69, 9.17) is 15.8 Å². The number of sulfone groups is 1. The van der Waals surface area contributed by atoms with Crippen LogP contribution in [0.1, 0.15) is 16.7 Å². The van der Waals surface area contributed by atoms with Crippen molar-refractivity contribution in [2.45, 2.75) is 45.2 Å². The Morgan fingerprint density at radius 3 is 1.88 bits per heavy atom. The Hall–Kier alpha value is -1.36. The molecule has 0 aliphatic heterocycles. The SMILES string of the molecule is Cc1ccc(N=Nc2c(S(=O)(=O)[O-])cc3ccc(Nc4nc(Cl)nc(Nc5cc(S(=O)(=O)[O-])cc6cc(SOO[O-])c(N=Nc7cc(C)c(S(=O)(=O)CCOSOO[O-])cc7C)c(O)c56)n4)cc3c2O)c(S(=O)(=O)[O-])c1.[Na+].[Na+].[Na+].[Na+].[Na+]. The molecule has 7 rings (SSSR count). The molecule has 4 N–H and O–H groups in total. The van der Waals surface area contributed by atoms with Crippen LogP contribution < -0.4 is 169 Å². The maximum absolute atomic E-state index is 13.1. The average molecular weight is 1300 g/mol. The molecule has 0 aliphatic carbocycles. The number of aromatic hydroxyl groups is 2. The van der Waals surface area contributed by atoms with Gasteiger partial charge in [-0.25, -0.2) is 33.7 Å². The van der Waals surface area contributed by atoms with Gasteiger partial charge in [-0.15, -0.1) is 19.7 Å². The first kappa shape index (κ1) is 75.7. The molecule has 0 radical (unpaired) electrons. The van der Waals surface area contributed by atoms with E-state index in [1.54, 1.807) is 0 Å². The van der Waals surface area contributed by atoms with Gasteiger partial charge in [-0.05, 0) is 120 Å². The van der Waals surface area contributed by atoms with Crippen molar-refractivity contribution >= 4 is 144 Å². The predicted molar refractivity (Wildman–Crippen MR) is 258 cm³/mol. The second-order valence-electron chi connectivity index (χ2n) is 15.4. The molecule has 41 heteroatoms. The summed E-state index contributed by atoms with van der Waals surface area (Å²) in [4.78, 5) is 9.13. The maximum atomic E-state index is 13.1. The standard InChI is InChI=1S/C40H34ClN9O20S6.5Na/c1-18-4-7-26(31(10-18)75(60,61)62)47-50-35-32(76(63,64)65)15-21-5-6-23(16-25(21)36(35)51)42-39-44-38(41)45-40(46-39)43-28-17-24(74(57,58)59)13-22-14-29(71-69-67-53)34(37(52)33(22)28)49-48-27-11-20(3)30(12-19(27)2)73(55,56)9-8-66-72-70-68-54;;;;;/h4-7,10-17,51-54H,8-9H2,1-3H3,(H,57,58,59)(H,60,61,62)(H,63,64,65)(H2,42,43,44,45,46);;;;;/q;5*+1/p-5. The van der Waals surface area contributed by atoms with Gasteiger partial charge in [-0.3, -0.25) is 14.3 Å². The molecule has 402 valence electrons. The van der Waals surface area contributed by atoms with Gasteiger partial charge in [-0.2, -0.15) is 24.4 Å². The van der Waals surface area contributed by atoms with Gasteiger partial charge in [0.2, 0.25) is 17.2 Å². The molecule has 0 atom stereocenters. The molecule has 6 aromatic carbocycles. The fourth-order valence-electron chi connectivity index (χ4n) is 6.98. The van der Waals surface area contributed by atoms with Crippen LogP contribution in [0.5, 0.6) is 11.5 Å². The number of phenolic OH excluding ortho intramolecular Hbond substituents is 2. The molecule has 0 unspecified atom stereocenters. The summed E-state index contributed by atoms with van der Waals surface area (Å²) in [7, 11) is -19.8. The van der Waals surface area contributed by atoms with Crippen molar-refractivity contribution in [3.05, 3.63) is 94.8 Å². The second-order valence-corrected chi connectivity index (χ2v) is 23.1. The van der Waals surface area contributed by atoms with Crippen LogP contribution >= 0.6 is 36.0 Å². The second kappa shape index (κ2) is 32.0. The first-order chi connectivity index (χ1) is 35.7. The van der Waals surface area contributed by atoms with Crippen LogP contribution in [0, 0.1) is 20.8 Å². The summed E-state index contributed by atoms with van der Waals surface area (Å²) in [6, 6.07) is 13.5. The fourth-order valence-corrected chi connectivity index (χ4v) is 11.3. The van der Waals surface area contributed by atoms with Crippen molar-refractivity contribution in [3.8, 4) is 11.5 Å². The van der Waals surface area contributed by atoms with Gasteiger partial charge in [0.05, 0.1) is 60.3 Å². The predicted octanol–water partition coefficient (Wildman–Crippen LogP) is -8.97. The minimum Gasteiger partial charge on any atom is -0.744 e. The third kappa shape index (κ3) is 19.3. The smallest absolute Gasteiger partial charge is 0.744 e. The van der Waals surface area contributed by atoms with Crippen LogP contribution in [0.15, 0.2) is 118 Å². The number of azo groups is 2. The number of fused-ring (bicyclic) bond motifs is 2. The van der Waals surface area contributed by atoms with E-state index in [0.29, 0.717) is 5.56 Å². The molecule has 0 spiro atoms. The maximum Gasteiger partial charge on any atom is 1.00 e. The molecule has 0 fully saturated rings. The van der Waals surface area contributed by atoms with E-state index in [0.717, 1.165) is 36.4 Å². The summed E-state index contributed by atoms with van der Waals surface area (Å²) in [5, 5.41) is 70.6. The average Bonchev–Trinajstić information content (AvgIpc) is 3.32. The molecule has 7 aromatic rings. The van der Waals surface area contributed by atoms with E-state index in [-0.39, 0.29) is 238 Å². The van der Waals surface area contributed by atoms with Crippen molar-refractivity contribution in [1.82, 2.24) is 15.0 Å². The molecular weight excluding hydrogens is 1270 g/mol. The van der Waals surface area contributed by atoms with E-state index in [2.05, 4.69) is 64.8 Å². The summed E-state index contributed by atoms with van der Waals surface area (Å²) in [5.74, 6) is -3.10. The third-order valence-corrected chi connectivity index (χ3v) is 15.8. The molecule has 0 saturated heterocycles. The Balaban J connectivity index is 0.00000448. The van der Waals surface area contributed by atoms with Gasteiger partial charge >= 0.3 is 148 Å². The van der Waals surface area contributed by atoms with Crippen LogP contribution in [-0.4, -0.2) is 84.9 Å². The monoisotopic (exact) mass is 1300 g/mol. The minimum absolute atomic E-state index is 0. The largest absolute Gasteiger partial charge is 1.00 e. The quantitative estimate of drug-likeness (QED) is 0.00987. The van der Waals surface area contributed by atoms with Crippen LogP contribution in [0.3, 0.4) is 0 Å². The molecule has 29 nitrogen and oxygen atoms in total. The number of halogens is 1. The zero-order valence-electron chi connectivity index (χ0n) is 43.0. The zero-order valence-corrected chi connectivity index (χ0v) is 58.7. The van der Waals surface area contributed by atoms with Gasteiger partial charge in [-0.1, -0.05) is 12.1 Å². The summed E-state index contributed by atoms with van der Waals surface area (Å²) in [5.41, 5.74) is -1.36. The molecule has 1 heterocycles. The first-order valence-electron chi connectivity index (χ1n) is 20.3. The molecule has 0 aliphatic rings. The van der Waals surface area contributed by atoms with E-state index < -0.39 is 107 Å². The molecule has 1 aromatic heterocycles. The molecule has 0 amide bonds. The van der Waals surface area contributed by atoms with Crippen molar-refractivity contribution in [1.29, 1.82) is 0 Å². The minimum atomic E-state index is -5.39. The van der Waals surface area contributed by atoms with E-state index in [9.17, 15) is 68.1 Å². The summed E-state index contributed by atoms with van der Waals surface area (Å²) in [6.07, 6.45) is 0. The zero-order chi connectivity index (χ0) is 55.5. The van der Waals surface area contributed by atoms with E-state index in [1.165, 1.54) is 57.2 Å².